The third-order valence-corrected chi connectivity index (χ3v) is 4.77. The van der Waals surface area contributed by atoms with E-state index in [9.17, 15) is 4.79 Å². The number of thiophene rings is 1. The number of fused-ring (bicyclic) bond motifs is 1. The van der Waals surface area contributed by atoms with Crippen LogP contribution in [0.25, 0.3) is 21.6 Å². The van der Waals surface area contributed by atoms with Gasteiger partial charge in [0.15, 0.2) is 5.82 Å². The smallest absolute Gasteiger partial charge is 0.335 e. The van der Waals surface area contributed by atoms with Crippen molar-refractivity contribution in [2.75, 3.05) is 5.32 Å². The largest absolute Gasteiger partial charge is 0.478 e. The molecule has 2 N–H and O–H groups in total. The lowest BCUT2D eigenvalue weighted by molar-refractivity contribution is 0.0697. The molecule has 3 heterocycles. The molecule has 6 nitrogen and oxygen atoms in total. The summed E-state index contributed by atoms with van der Waals surface area (Å²) in [7, 11) is 0. The van der Waals surface area contributed by atoms with E-state index in [1.165, 1.54) is 0 Å². The topological polar surface area (TPSA) is 88.0 Å². The standard InChI is InChI=1S/C19H14N4O2S/c1-11-9-15-17(21-14-6-4-12(5-7-14)19(24)25)22-16(23-18(15)26-11)13-3-2-8-20-10-13/h2-10H,1H3,(H,24,25)(H,21,22,23). The summed E-state index contributed by atoms with van der Waals surface area (Å²) in [6.45, 7) is 2.03. The second-order valence-electron chi connectivity index (χ2n) is 5.72. The summed E-state index contributed by atoms with van der Waals surface area (Å²) in [4.78, 5) is 26.5. The van der Waals surface area contributed by atoms with Crippen LogP contribution < -0.4 is 5.32 Å². The molecule has 0 radical (unpaired) electrons. The van der Waals surface area contributed by atoms with Crippen molar-refractivity contribution < 1.29 is 9.90 Å². The Hall–Kier alpha value is -3.32. The number of nitrogens with one attached hydrogen (secondary N) is 1. The maximum absolute atomic E-state index is 11.0. The first-order valence-corrected chi connectivity index (χ1v) is 8.71. The summed E-state index contributed by atoms with van der Waals surface area (Å²) in [5, 5.41) is 13.2. The van der Waals surface area contributed by atoms with Crippen LogP contribution >= 0.6 is 11.3 Å². The maximum atomic E-state index is 11.0. The number of aryl methyl sites for hydroxylation is 1. The minimum absolute atomic E-state index is 0.241. The van der Waals surface area contributed by atoms with Gasteiger partial charge in [0.2, 0.25) is 0 Å². The highest BCUT2D eigenvalue weighted by atomic mass is 32.1. The van der Waals surface area contributed by atoms with Crippen molar-refractivity contribution in [3.63, 3.8) is 0 Å². The second kappa shape index (κ2) is 6.53. The Labute approximate surface area is 153 Å². The van der Waals surface area contributed by atoms with Crippen molar-refractivity contribution in [2.45, 2.75) is 6.92 Å². The van der Waals surface area contributed by atoms with Crippen LogP contribution in [0.2, 0.25) is 0 Å². The van der Waals surface area contributed by atoms with Crippen LogP contribution in [0.15, 0.2) is 54.9 Å². The van der Waals surface area contributed by atoms with Crippen molar-refractivity contribution in [3.8, 4) is 11.4 Å². The molecule has 0 spiro atoms. The van der Waals surface area contributed by atoms with Gasteiger partial charge in [0, 0.05) is 28.5 Å². The SMILES string of the molecule is Cc1cc2c(Nc3ccc(C(=O)O)cc3)nc(-c3cccnc3)nc2s1. The van der Waals surface area contributed by atoms with Crippen molar-refractivity contribution in [1.29, 1.82) is 0 Å². The molecule has 128 valence electrons. The number of aromatic carboxylic acids is 1. The van der Waals surface area contributed by atoms with Gasteiger partial charge in [-0.05, 0) is 49.4 Å². The fourth-order valence-corrected chi connectivity index (χ4v) is 3.47. The first-order chi connectivity index (χ1) is 12.6. The van der Waals surface area contributed by atoms with Crippen LogP contribution in [0.3, 0.4) is 0 Å². The Morgan fingerprint density at radius 1 is 1.15 bits per heavy atom. The van der Waals surface area contributed by atoms with E-state index >= 15 is 0 Å². The average Bonchev–Trinajstić information content (AvgIpc) is 3.03. The highest BCUT2D eigenvalue weighted by Gasteiger charge is 2.13. The number of anilines is 2. The number of benzene rings is 1. The minimum Gasteiger partial charge on any atom is -0.478 e. The zero-order valence-corrected chi connectivity index (χ0v) is 14.6. The monoisotopic (exact) mass is 362 g/mol. The predicted molar refractivity (Wildman–Crippen MR) is 102 cm³/mol. The van der Waals surface area contributed by atoms with Gasteiger partial charge < -0.3 is 10.4 Å². The molecule has 7 heteroatoms. The summed E-state index contributed by atoms with van der Waals surface area (Å²) in [5.74, 6) is 0.326. The highest BCUT2D eigenvalue weighted by molar-refractivity contribution is 7.18. The number of nitrogens with zero attached hydrogens (tertiary/aromatic N) is 3. The van der Waals surface area contributed by atoms with E-state index in [1.54, 1.807) is 48.0 Å². The minimum atomic E-state index is -0.951. The third-order valence-electron chi connectivity index (χ3n) is 3.83. The molecule has 3 aromatic heterocycles. The Bertz CT molecular complexity index is 1090. The molecule has 0 amide bonds. The lowest BCUT2D eigenvalue weighted by atomic mass is 10.2. The average molecular weight is 362 g/mol. The van der Waals surface area contributed by atoms with Crippen molar-refractivity contribution in [2.24, 2.45) is 0 Å². The second-order valence-corrected chi connectivity index (χ2v) is 6.96. The zero-order valence-electron chi connectivity index (χ0n) is 13.8. The van der Waals surface area contributed by atoms with Crippen LogP contribution in [-0.4, -0.2) is 26.0 Å². The molecule has 0 aliphatic carbocycles. The van der Waals surface area contributed by atoms with Gasteiger partial charge in [0.25, 0.3) is 0 Å². The molecule has 0 atom stereocenters. The Morgan fingerprint density at radius 3 is 2.65 bits per heavy atom. The number of carboxylic acids is 1. The van der Waals surface area contributed by atoms with E-state index in [0.29, 0.717) is 11.6 Å². The number of carbonyl (C=O) groups is 1. The molecule has 0 saturated heterocycles. The maximum Gasteiger partial charge on any atom is 0.335 e. The molecule has 1 aromatic carbocycles. The van der Waals surface area contributed by atoms with E-state index in [0.717, 1.165) is 26.3 Å². The summed E-state index contributed by atoms with van der Waals surface area (Å²) >= 11 is 1.60. The molecule has 26 heavy (non-hydrogen) atoms. The molecular formula is C19H14N4O2S. The number of hydrogen-bond acceptors (Lipinski definition) is 6. The Balaban J connectivity index is 1.78. The quantitative estimate of drug-likeness (QED) is 0.555. The number of pyridine rings is 1. The van der Waals surface area contributed by atoms with Crippen LogP contribution in [-0.2, 0) is 0 Å². The van der Waals surface area contributed by atoms with Gasteiger partial charge in [0.05, 0.1) is 10.9 Å². The van der Waals surface area contributed by atoms with Crippen LogP contribution in [0.1, 0.15) is 15.2 Å². The molecule has 0 fully saturated rings. The number of rotatable bonds is 4. The van der Waals surface area contributed by atoms with Crippen LogP contribution in [0.5, 0.6) is 0 Å². The van der Waals surface area contributed by atoms with E-state index < -0.39 is 5.97 Å². The third kappa shape index (κ3) is 3.12. The molecule has 0 aliphatic heterocycles. The van der Waals surface area contributed by atoms with Crippen molar-refractivity contribution >= 4 is 39.0 Å². The molecule has 0 aliphatic rings. The van der Waals surface area contributed by atoms with E-state index in [2.05, 4.69) is 20.3 Å². The van der Waals surface area contributed by atoms with Gasteiger partial charge in [-0.1, -0.05) is 0 Å². The van der Waals surface area contributed by atoms with Gasteiger partial charge in [0.1, 0.15) is 10.6 Å². The van der Waals surface area contributed by atoms with Crippen LogP contribution in [0.4, 0.5) is 11.5 Å². The van der Waals surface area contributed by atoms with E-state index in [-0.39, 0.29) is 5.56 Å². The van der Waals surface area contributed by atoms with Gasteiger partial charge in [-0.15, -0.1) is 11.3 Å². The molecule has 4 rings (SSSR count). The highest BCUT2D eigenvalue weighted by Crippen LogP contribution is 2.32. The lowest BCUT2D eigenvalue weighted by Gasteiger charge is -2.09. The number of carboxylic acid groups (broad SMARTS) is 1. The first kappa shape index (κ1) is 16.2. The van der Waals surface area contributed by atoms with Gasteiger partial charge in [-0.3, -0.25) is 4.98 Å². The molecule has 4 aromatic rings. The predicted octanol–water partition coefficient (Wildman–Crippen LogP) is 4.50. The van der Waals surface area contributed by atoms with Gasteiger partial charge in [-0.2, -0.15) is 0 Å². The fraction of sp³-hybridized carbons (Fsp3) is 0.0526. The molecular weight excluding hydrogens is 348 g/mol. The molecule has 0 saturated carbocycles. The van der Waals surface area contributed by atoms with Crippen LogP contribution in [0, 0.1) is 6.92 Å². The van der Waals surface area contributed by atoms with Crippen molar-refractivity contribution in [1.82, 2.24) is 15.0 Å². The summed E-state index contributed by atoms with van der Waals surface area (Å²) in [6, 6.07) is 12.4. The fourth-order valence-electron chi connectivity index (χ4n) is 2.59. The van der Waals surface area contributed by atoms with E-state index in [4.69, 9.17) is 5.11 Å². The molecule has 0 unspecified atom stereocenters. The number of aromatic nitrogens is 3. The molecule has 0 bridgehead atoms. The zero-order chi connectivity index (χ0) is 18.1. The normalized spacial score (nSPS) is 10.8. The Morgan fingerprint density at radius 2 is 1.96 bits per heavy atom. The van der Waals surface area contributed by atoms with Gasteiger partial charge in [-0.25, -0.2) is 14.8 Å². The summed E-state index contributed by atoms with van der Waals surface area (Å²) in [5.41, 5.74) is 1.84. The summed E-state index contributed by atoms with van der Waals surface area (Å²) < 4.78 is 0. The summed E-state index contributed by atoms with van der Waals surface area (Å²) in [6.07, 6.45) is 3.44. The Kier molecular flexibility index (Phi) is 4.06. The van der Waals surface area contributed by atoms with Gasteiger partial charge >= 0.3 is 5.97 Å². The first-order valence-electron chi connectivity index (χ1n) is 7.89. The number of hydrogen-bond donors (Lipinski definition) is 2. The van der Waals surface area contributed by atoms with E-state index in [1.807, 2.05) is 25.1 Å². The van der Waals surface area contributed by atoms with Crippen molar-refractivity contribution in [3.05, 3.63) is 65.3 Å². The lowest BCUT2D eigenvalue weighted by Crippen LogP contribution is -1.99.